The maximum atomic E-state index is 12.2. The van der Waals surface area contributed by atoms with E-state index in [2.05, 4.69) is 23.8 Å². The normalized spacial score (nSPS) is 13.8. The highest BCUT2D eigenvalue weighted by Crippen LogP contribution is 2.11. The second-order valence-corrected chi connectivity index (χ2v) is 6.90. The molecule has 0 heterocycles. The van der Waals surface area contributed by atoms with Crippen LogP contribution < -0.4 is 4.72 Å². The Kier molecular flexibility index (Phi) is 6.96. The summed E-state index contributed by atoms with van der Waals surface area (Å²) in [6.07, 6.45) is 8.32. The van der Waals surface area contributed by atoms with Gasteiger partial charge in [0.25, 0.3) is 0 Å². The largest absolute Gasteiger partial charge is 0.240 e. The molecule has 0 bridgehead atoms. The first-order chi connectivity index (χ1) is 9.45. The molecule has 0 saturated carbocycles. The number of hydrogen-bond donors (Lipinski definition) is 1. The average molecular weight is 295 g/mol. The zero-order valence-electron chi connectivity index (χ0n) is 12.6. The average Bonchev–Trinajstić information content (AvgIpc) is 2.38. The van der Waals surface area contributed by atoms with Crippen molar-refractivity contribution < 1.29 is 8.42 Å². The maximum Gasteiger partial charge on any atom is 0.240 e. The third-order valence-corrected chi connectivity index (χ3v) is 4.67. The molecule has 1 N–H and O–H groups in total. The zero-order chi connectivity index (χ0) is 15.0. The van der Waals surface area contributed by atoms with Crippen LogP contribution in [0, 0.1) is 6.92 Å². The van der Waals surface area contributed by atoms with Gasteiger partial charge in [0, 0.05) is 6.04 Å². The van der Waals surface area contributed by atoms with Crippen molar-refractivity contribution in [1.82, 2.24) is 4.72 Å². The lowest BCUT2D eigenvalue weighted by Gasteiger charge is -2.12. The van der Waals surface area contributed by atoms with E-state index < -0.39 is 10.0 Å². The van der Waals surface area contributed by atoms with Crippen molar-refractivity contribution in [2.24, 2.45) is 0 Å². The van der Waals surface area contributed by atoms with E-state index in [0.717, 1.165) is 18.4 Å². The predicted octanol–water partition coefficient (Wildman–Crippen LogP) is 3.80. The number of unbranched alkanes of at least 4 members (excludes halogenated alkanes) is 2. The molecule has 1 aromatic rings. The molecule has 0 aliphatic rings. The van der Waals surface area contributed by atoms with Crippen molar-refractivity contribution in [3.8, 4) is 0 Å². The fourth-order valence-corrected chi connectivity index (χ4v) is 3.10. The topological polar surface area (TPSA) is 46.2 Å². The summed E-state index contributed by atoms with van der Waals surface area (Å²) in [6.45, 7) is 5.98. The van der Waals surface area contributed by atoms with Gasteiger partial charge in [-0.1, -0.05) is 49.6 Å². The van der Waals surface area contributed by atoms with Crippen molar-refractivity contribution in [3.63, 3.8) is 0 Å². The van der Waals surface area contributed by atoms with E-state index in [1.165, 1.54) is 12.8 Å². The molecular weight excluding hydrogens is 270 g/mol. The molecule has 0 spiro atoms. The summed E-state index contributed by atoms with van der Waals surface area (Å²) in [5.41, 5.74) is 1.05. The van der Waals surface area contributed by atoms with Gasteiger partial charge in [-0.05, 0) is 38.8 Å². The fraction of sp³-hybridized carbons (Fsp3) is 0.500. The number of allylic oxidation sites excluding steroid dienone is 1. The summed E-state index contributed by atoms with van der Waals surface area (Å²) in [5.74, 6) is 0. The molecule has 1 unspecified atom stereocenters. The minimum Gasteiger partial charge on any atom is -0.208 e. The fourth-order valence-electron chi connectivity index (χ4n) is 1.84. The monoisotopic (exact) mass is 295 g/mol. The molecule has 0 radical (unpaired) electrons. The number of aryl methyl sites for hydroxylation is 1. The molecule has 0 aliphatic carbocycles. The lowest BCUT2D eigenvalue weighted by atomic mass is 10.2. The third-order valence-electron chi connectivity index (χ3n) is 3.07. The van der Waals surface area contributed by atoms with Crippen LogP contribution in [0.15, 0.2) is 41.3 Å². The summed E-state index contributed by atoms with van der Waals surface area (Å²) in [7, 11) is -3.41. The Balaban J connectivity index is 2.53. The third kappa shape index (κ3) is 5.88. The van der Waals surface area contributed by atoms with Crippen molar-refractivity contribution >= 4 is 10.0 Å². The van der Waals surface area contributed by atoms with Crippen LogP contribution in [0.2, 0.25) is 0 Å². The van der Waals surface area contributed by atoms with E-state index in [1.807, 2.05) is 26.0 Å². The molecule has 0 saturated heterocycles. The summed E-state index contributed by atoms with van der Waals surface area (Å²) in [4.78, 5) is 0.324. The summed E-state index contributed by atoms with van der Waals surface area (Å²) in [5, 5.41) is 0. The molecule has 1 atom stereocenters. The smallest absolute Gasteiger partial charge is 0.208 e. The molecule has 1 rings (SSSR count). The molecule has 0 aromatic heterocycles. The van der Waals surface area contributed by atoms with E-state index in [9.17, 15) is 8.42 Å². The Morgan fingerprint density at radius 2 is 1.85 bits per heavy atom. The van der Waals surface area contributed by atoms with Gasteiger partial charge in [0.2, 0.25) is 10.0 Å². The SMILES string of the molecule is CCCC/C=C/CC(C)NS(=O)(=O)c1ccc(C)cc1. The van der Waals surface area contributed by atoms with Crippen LogP contribution in [0.5, 0.6) is 0 Å². The van der Waals surface area contributed by atoms with Crippen LogP contribution >= 0.6 is 0 Å². The minimum atomic E-state index is -3.41. The van der Waals surface area contributed by atoms with E-state index in [4.69, 9.17) is 0 Å². The van der Waals surface area contributed by atoms with Crippen molar-refractivity contribution in [3.05, 3.63) is 42.0 Å². The van der Waals surface area contributed by atoms with Gasteiger partial charge in [-0.15, -0.1) is 0 Å². The van der Waals surface area contributed by atoms with Gasteiger partial charge in [-0.3, -0.25) is 0 Å². The Labute approximate surface area is 123 Å². The van der Waals surface area contributed by atoms with E-state index in [-0.39, 0.29) is 6.04 Å². The van der Waals surface area contributed by atoms with Gasteiger partial charge in [0.15, 0.2) is 0 Å². The maximum absolute atomic E-state index is 12.2. The Morgan fingerprint density at radius 3 is 2.45 bits per heavy atom. The first-order valence-electron chi connectivity index (χ1n) is 7.19. The number of sulfonamides is 1. The molecule has 20 heavy (non-hydrogen) atoms. The standard InChI is InChI=1S/C16H25NO2S/c1-4-5-6-7-8-9-15(3)17-20(18,19)16-12-10-14(2)11-13-16/h7-8,10-13,15,17H,4-6,9H2,1-3H3/b8-7+. The minimum absolute atomic E-state index is 0.0980. The highest BCUT2D eigenvalue weighted by molar-refractivity contribution is 7.89. The highest BCUT2D eigenvalue weighted by atomic mass is 32.2. The van der Waals surface area contributed by atoms with Gasteiger partial charge in [-0.25, -0.2) is 13.1 Å². The summed E-state index contributed by atoms with van der Waals surface area (Å²) < 4.78 is 27.0. The second kappa shape index (κ2) is 8.22. The highest BCUT2D eigenvalue weighted by Gasteiger charge is 2.16. The van der Waals surface area contributed by atoms with Crippen LogP contribution in [0.4, 0.5) is 0 Å². The molecule has 0 fully saturated rings. The molecule has 4 heteroatoms. The molecule has 0 aliphatic heterocycles. The molecular formula is C16H25NO2S. The van der Waals surface area contributed by atoms with E-state index in [0.29, 0.717) is 4.90 Å². The van der Waals surface area contributed by atoms with Crippen LogP contribution in [0.25, 0.3) is 0 Å². The molecule has 1 aromatic carbocycles. The van der Waals surface area contributed by atoms with Gasteiger partial charge in [0.05, 0.1) is 4.90 Å². The Bertz CT molecular complexity index is 518. The van der Waals surface area contributed by atoms with Crippen LogP contribution in [-0.4, -0.2) is 14.5 Å². The van der Waals surface area contributed by atoms with Gasteiger partial charge < -0.3 is 0 Å². The van der Waals surface area contributed by atoms with Crippen LogP contribution in [-0.2, 0) is 10.0 Å². The number of hydrogen-bond acceptors (Lipinski definition) is 2. The molecule has 0 amide bonds. The van der Waals surface area contributed by atoms with E-state index in [1.54, 1.807) is 12.1 Å². The van der Waals surface area contributed by atoms with Crippen molar-refractivity contribution in [2.45, 2.75) is 57.4 Å². The summed E-state index contributed by atoms with van der Waals surface area (Å²) >= 11 is 0. The Morgan fingerprint density at radius 1 is 1.20 bits per heavy atom. The van der Waals surface area contributed by atoms with Gasteiger partial charge in [-0.2, -0.15) is 0 Å². The van der Waals surface area contributed by atoms with Crippen molar-refractivity contribution in [1.29, 1.82) is 0 Å². The number of benzene rings is 1. The quantitative estimate of drug-likeness (QED) is 0.586. The summed E-state index contributed by atoms with van der Waals surface area (Å²) in [6, 6.07) is 6.80. The Hall–Kier alpha value is -1.13. The van der Waals surface area contributed by atoms with Gasteiger partial charge >= 0.3 is 0 Å². The number of rotatable bonds is 8. The first kappa shape index (κ1) is 16.9. The van der Waals surface area contributed by atoms with Gasteiger partial charge in [0.1, 0.15) is 0 Å². The predicted molar refractivity (Wildman–Crippen MR) is 84.2 cm³/mol. The lowest BCUT2D eigenvalue weighted by molar-refractivity contribution is 0.562. The molecule has 3 nitrogen and oxygen atoms in total. The second-order valence-electron chi connectivity index (χ2n) is 5.18. The lowest BCUT2D eigenvalue weighted by Crippen LogP contribution is -2.32. The molecule has 112 valence electrons. The number of nitrogens with one attached hydrogen (secondary N) is 1. The van der Waals surface area contributed by atoms with E-state index >= 15 is 0 Å². The zero-order valence-corrected chi connectivity index (χ0v) is 13.4. The first-order valence-corrected chi connectivity index (χ1v) is 8.68. The van der Waals surface area contributed by atoms with Crippen LogP contribution in [0.1, 0.15) is 45.1 Å². The van der Waals surface area contributed by atoms with Crippen molar-refractivity contribution in [2.75, 3.05) is 0 Å². The van der Waals surface area contributed by atoms with Crippen LogP contribution in [0.3, 0.4) is 0 Å².